The van der Waals surface area contributed by atoms with Crippen LogP contribution in [0.15, 0.2) is 53.4 Å². The van der Waals surface area contributed by atoms with E-state index in [0.29, 0.717) is 5.75 Å². The van der Waals surface area contributed by atoms with Gasteiger partial charge >= 0.3 is 10.1 Å². The Balaban J connectivity index is 1.76. The van der Waals surface area contributed by atoms with Crippen molar-refractivity contribution in [3.05, 3.63) is 70.8 Å². The molecular formula is C19H18O4S. The summed E-state index contributed by atoms with van der Waals surface area (Å²) >= 11 is 0. The quantitative estimate of drug-likeness (QED) is 0.622. The number of hydrogen-bond acceptors (Lipinski definition) is 4. The van der Waals surface area contributed by atoms with E-state index in [1.54, 1.807) is 30.3 Å². The highest BCUT2D eigenvalue weighted by atomic mass is 32.2. The molecule has 2 unspecified atom stereocenters. The summed E-state index contributed by atoms with van der Waals surface area (Å²) in [5.41, 5.74) is 4.07. The fourth-order valence-electron chi connectivity index (χ4n) is 3.32. The molecule has 0 amide bonds. The summed E-state index contributed by atoms with van der Waals surface area (Å²) in [6, 6.07) is 10.3. The number of fused-ring (bicyclic) bond motifs is 5. The number of aryl methyl sites for hydroxylation is 2. The smallest absolute Gasteiger partial charge is 0.339 e. The maximum atomic E-state index is 12.6. The Morgan fingerprint density at radius 1 is 1.00 bits per heavy atom. The number of ether oxygens (including phenoxy) is 1. The predicted octanol–water partition coefficient (Wildman–Crippen LogP) is 4.01. The lowest BCUT2D eigenvalue weighted by Gasteiger charge is -2.17. The lowest BCUT2D eigenvalue weighted by Crippen LogP contribution is -2.12. The molecule has 0 saturated carbocycles. The molecule has 2 atom stereocenters. The van der Waals surface area contributed by atoms with Gasteiger partial charge in [-0.15, -0.1) is 0 Å². The van der Waals surface area contributed by atoms with Gasteiger partial charge in [-0.3, -0.25) is 0 Å². The molecule has 2 aromatic carbocycles. The average Bonchev–Trinajstić information content (AvgIpc) is 3.17. The van der Waals surface area contributed by atoms with Crippen molar-refractivity contribution < 1.29 is 17.3 Å². The summed E-state index contributed by atoms with van der Waals surface area (Å²) in [5.74, 6) is 0.361. The van der Waals surface area contributed by atoms with Crippen LogP contribution in [0.1, 0.15) is 41.4 Å². The lowest BCUT2D eigenvalue weighted by molar-refractivity contribution is 0.0871. The fraction of sp³-hybridized carbons (Fsp3) is 0.263. The van der Waals surface area contributed by atoms with Crippen molar-refractivity contribution in [1.29, 1.82) is 0 Å². The van der Waals surface area contributed by atoms with Crippen LogP contribution >= 0.6 is 0 Å². The molecule has 4 rings (SSSR count). The third-order valence-corrected chi connectivity index (χ3v) is 5.80. The molecule has 0 spiro atoms. The van der Waals surface area contributed by atoms with Crippen LogP contribution in [-0.4, -0.2) is 8.42 Å². The van der Waals surface area contributed by atoms with E-state index < -0.39 is 10.1 Å². The van der Waals surface area contributed by atoms with Crippen LogP contribution in [0.25, 0.3) is 0 Å². The van der Waals surface area contributed by atoms with Crippen LogP contribution < -0.4 is 4.18 Å². The van der Waals surface area contributed by atoms with Gasteiger partial charge in [0.2, 0.25) is 0 Å². The van der Waals surface area contributed by atoms with Crippen molar-refractivity contribution >= 4 is 10.1 Å². The molecule has 4 nitrogen and oxygen atoms in total. The van der Waals surface area contributed by atoms with Gasteiger partial charge in [-0.2, -0.15) is 8.42 Å². The van der Waals surface area contributed by atoms with E-state index in [4.69, 9.17) is 8.92 Å². The van der Waals surface area contributed by atoms with Crippen LogP contribution in [0.3, 0.4) is 0 Å². The minimum Gasteiger partial charge on any atom is -0.379 e. The molecule has 2 bridgehead atoms. The topological polar surface area (TPSA) is 52.6 Å². The molecular weight excluding hydrogens is 324 g/mol. The van der Waals surface area contributed by atoms with Crippen LogP contribution in [-0.2, 0) is 21.3 Å². The van der Waals surface area contributed by atoms with Gasteiger partial charge in [-0.05, 0) is 42.7 Å². The Morgan fingerprint density at radius 2 is 1.67 bits per heavy atom. The SMILES string of the molecule is CCc1ccc(OS(=O)(=O)c2ccc(C)cc2)c2c1C1C=CC2O1. The zero-order chi connectivity index (χ0) is 16.9. The maximum absolute atomic E-state index is 12.6. The van der Waals surface area contributed by atoms with Crippen molar-refractivity contribution in [3.8, 4) is 5.75 Å². The van der Waals surface area contributed by atoms with Crippen molar-refractivity contribution in [2.24, 2.45) is 0 Å². The first-order valence-electron chi connectivity index (χ1n) is 8.00. The minimum absolute atomic E-state index is 0.0921. The predicted molar refractivity (Wildman–Crippen MR) is 90.5 cm³/mol. The molecule has 2 heterocycles. The first kappa shape index (κ1) is 15.4. The highest BCUT2D eigenvalue weighted by Crippen LogP contribution is 2.51. The Bertz CT molecular complexity index is 927. The van der Waals surface area contributed by atoms with Crippen molar-refractivity contribution in [2.75, 3.05) is 0 Å². The molecule has 0 aromatic heterocycles. The highest BCUT2D eigenvalue weighted by molar-refractivity contribution is 7.87. The van der Waals surface area contributed by atoms with Gasteiger partial charge in [0.05, 0.1) is 0 Å². The zero-order valence-electron chi connectivity index (χ0n) is 13.5. The van der Waals surface area contributed by atoms with E-state index in [9.17, 15) is 8.42 Å². The Hall–Kier alpha value is -2.11. The molecule has 0 aliphatic carbocycles. The fourth-order valence-corrected chi connectivity index (χ4v) is 4.27. The summed E-state index contributed by atoms with van der Waals surface area (Å²) in [6.07, 6.45) is 4.53. The molecule has 2 aliphatic rings. The minimum atomic E-state index is -3.87. The molecule has 24 heavy (non-hydrogen) atoms. The number of hydrogen-bond donors (Lipinski definition) is 0. The summed E-state index contributed by atoms with van der Waals surface area (Å²) < 4.78 is 36.5. The molecule has 2 aromatic rings. The standard InChI is InChI=1S/C19H18O4S/c1-3-13-6-9-17(19-16-11-10-15(22-16)18(13)19)23-24(20,21)14-7-4-12(2)5-8-14/h4-11,15-16H,3H2,1-2H3. The van der Waals surface area contributed by atoms with Crippen molar-refractivity contribution in [2.45, 2.75) is 37.4 Å². The van der Waals surface area contributed by atoms with Gasteiger partial charge in [0.1, 0.15) is 22.9 Å². The van der Waals surface area contributed by atoms with Gasteiger partial charge in [-0.25, -0.2) is 0 Å². The maximum Gasteiger partial charge on any atom is 0.339 e. The van der Waals surface area contributed by atoms with E-state index in [0.717, 1.165) is 23.1 Å². The van der Waals surface area contributed by atoms with Gasteiger partial charge in [0, 0.05) is 5.56 Å². The van der Waals surface area contributed by atoms with Crippen molar-refractivity contribution in [1.82, 2.24) is 0 Å². The second-order valence-electron chi connectivity index (χ2n) is 6.12. The van der Waals surface area contributed by atoms with Gasteiger partial charge < -0.3 is 8.92 Å². The summed E-state index contributed by atoms with van der Waals surface area (Å²) in [7, 11) is -3.87. The average molecular weight is 342 g/mol. The zero-order valence-corrected chi connectivity index (χ0v) is 14.3. The van der Waals surface area contributed by atoms with Gasteiger partial charge in [0.25, 0.3) is 0 Å². The Kier molecular flexibility index (Phi) is 3.51. The van der Waals surface area contributed by atoms with Crippen LogP contribution in [0, 0.1) is 6.92 Å². The molecule has 0 radical (unpaired) electrons. The van der Waals surface area contributed by atoms with Gasteiger partial charge in [-0.1, -0.05) is 42.8 Å². The molecule has 2 aliphatic heterocycles. The first-order chi connectivity index (χ1) is 11.5. The van der Waals surface area contributed by atoms with Crippen LogP contribution in [0.4, 0.5) is 0 Å². The largest absolute Gasteiger partial charge is 0.379 e. The Morgan fingerprint density at radius 3 is 2.33 bits per heavy atom. The number of benzene rings is 2. The second-order valence-corrected chi connectivity index (χ2v) is 7.66. The monoisotopic (exact) mass is 342 g/mol. The summed E-state index contributed by atoms with van der Waals surface area (Å²) in [4.78, 5) is 0.154. The highest BCUT2D eigenvalue weighted by Gasteiger charge is 2.38. The molecule has 124 valence electrons. The van der Waals surface area contributed by atoms with E-state index in [1.807, 2.05) is 25.1 Å². The van der Waals surface area contributed by atoms with E-state index >= 15 is 0 Å². The normalized spacial score (nSPS) is 21.1. The number of rotatable bonds is 4. The van der Waals surface area contributed by atoms with E-state index in [2.05, 4.69) is 6.92 Å². The van der Waals surface area contributed by atoms with Crippen LogP contribution in [0.5, 0.6) is 5.75 Å². The van der Waals surface area contributed by atoms with E-state index in [1.165, 1.54) is 5.56 Å². The molecule has 0 fully saturated rings. The third-order valence-electron chi connectivity index (χ3n) is 4.55. The third kappa shape index (κ3) is 2.36. The Labute approximate surface area is 141 Å². The summed E-state index contributed by atoms with van der Waals surface area (Å²) in [5, 5.41) is 0. The van der Waals surface area contributed by atoms with Crippen molar-refractivity contribution in [3.63, 3.8) is 0 Å². The van der Waals surface area contributed by atoms with Crippen LogP contribution in [0.2, 0.25) is 0 Å². The molecule has 0 N–H and O–H groups in total. The lowest BCUT2D eigenvalue weighted by atomic mass is 9.90. The molecule has 0 saturated heterocycles. The summed E-state index contributed by atoms with van der Waals surface area (Å²) in [6.45, 7) is 3.99. The first-order valence-corrected chi connectivity index (χ1v) is 9.41. The van der Waals surface area contributed by atoms with Gasteiger partial charge in [0.15, 0.2) is 0 Å². The van der Waals surface area contributed by atoms with E-state index in [-0.39, 0.29) is 17.1 Å². The second kappa shape index (κ2) is 5.46. The molecule has 5 heteroatoms.